The molecule has 1 aliphatic heterocycles. The van der Waals surface area contributed by atoms with Gasteiger partial charge in [0.2, 0.25) is 5.91 Å². The predicted octanol–water partition coefficient (Wildman–Crippen LogP) is 4.45. The molecule has 3 heteroatoms. The maximum Gasteiger partial charge on any atom is 0.234 e. The quantitative estimate of drug-likeness (QED) is 0.806. The van der Waals surface area contributed by atoms with Crippen LogP contribution >= 0.6 is 15.9 Å². The van der Waals surface area contributed by atoms with Crippen LogP contribution in [0.2, 0.25) is 0 Å². The van der Waals surface area contributed by atoms with E-state index in [1.54, 1.807) is 0 Å². The summed E-state index contributed by atoms with van der Waals surface area (Å²) in [6.45, 7) is 4.82. The number of nitrogens with zero attached hydrogens (tertiary/aromatic N) is 1. The monoisotopic (exact) mass is 343 g/mol. The first kappa shape index (κ1) is 14.3. The molecule has 1 atom stereocenters. The lowest BCUT2D eigenvalue weighted by molar-refractivity contribution is -0.119. The third-order valence-corrected chi connectivity index (χ3v) is 4.59. The second kappa shape index (κ2) is 5.64. The van der Waals surface area contributed by atoms with Crippen molar-refractivity contribution in [1.29, 1.82) is 0 Å². The molecule has 1 heterocycles. The molecule has 0 fully saturated rings. The van der Waals surface area contributed by atoms with Gasteiger partial charge < -0.3 is 4.90 Å². The summed E-state index contributed by atoms with van der Waals surface area (Å²) in [6, 6.07) is 14.6. The Hall–Kier alpha value is -1.61. The van der Waals surface area contributed by atoms with E-state index in [4.69, 9.17) is 0 Å². The van der Waals surface area contributed by atoms with Crippen LogP contribution in [0.4, 0.5) is 5.69 Å². The molecule has 0 aliphatic carbocycles. The van der Waals surface area contributed by atoms with Crippen molar-refractivity contribution in [2.75, 3.05) is 11.4 Å². The Kier molecular flexibility index (Phi) is 3.85. The highest BCUT2D eigenvalue weighted by Gasteiger charge is 2.36. The second-order valence-electron chi connectivity index (χ2n) is 5.53. The third-order valence-electron chi connectivity index (χ3n) is 4.10. The molecule has 0 saturated carbocycles. The molecule has 2 nitrogen and oxygen atoms in total. The molecular formula is C18H18BrNO. The summed E-state index contributed by atoms with van der Waals surface area (Å²) in [6.07, 6.45) is 0.763. The fourth-order valence-electron chi connectivity index (χ4n) is 2.97. The van der Waals surface area contributed by atoms with E-state index in [-0.39, 0.29) is 11.8 Å². The number of carbonyl (C=O) groups excluding carboxylic acids is 1. The molecule has 1 aliphatic rings. The minimum absolute atomic E-state index is 0.0693. The molecule has 108 valence electrons. The highest BCUT2D eigenvalue weighted by molar-refractivity contribution is 9.10. The average molecular weight is 344 g/mol. The minimum atomic E-state index is -0.0693. The van der Waals surface area contributed by atoms with Gasteiger partial charge in [0.05, 0.1) is 5.92 Å². The molecule has 2 aromatic carbocycles. The highest BCUT2D eigenvalue weighted by Crippen LogP contribution is 2.40. The van der Waals surface area contributed by atoms with Crippen LogP contribution in [0, 0.1) is 6.92 Å². The van der Waals surface area contributed by atoms with E-state index < -0.39 is 0 Å². The lowest BCUT2D eigenvalue weighted by Crippen LogP contribution is -2.29. The van der Waals surface area contributed by atoms with Crippen molar-refractivity contribution in [3.05, 3.63) is 63.6 Å². The van der Waals surface area contributed by atoms with Gasteiger partial charge in [0.1, 0.15) is 0 Å². The number of carbonyl (C=O) groups is 1. The Morgan fingerprint density at radius 2 is 1.86 bits per heavy atom. The summed E-state index contributed by atoms with van der Waals surface area (Å²) in [7, 11) is 0. The van der Waals surface area contributed by atoms with E-state index in [1.165, 1.54) is 11.1 Å². The highest BCUT2D eigenvalue weighted by atomic mass is 79.9. The van der Waals surface area contributed by atoms with Crippen molar-refractivity contribution in [1.82, 2.24) is 0 Å². The van der Waals surface area contributed by atoms with E-state index >= 15 is 0 Å². The van der Waals surface area contributed by atoms with E-state index in [9.17, 15) is 4.79 Å². The number of fused-ring (bicyclic) bond motifs is 1. The first-order valence-electron chi connectivity index (χ1n) is 7.26. The Morgan fingerprint density at radius 1 is 1.14 bits per heavy atom. The van der Waals surface area contributed by atoms with Gasteiger partial charge in [0, 0.05) is 16.7 Å². The van der Waals surface area contributed by atoms with Gasteiger partial charge in [-0.25, -0.2) is 0 Å². The maximum absolute atomic E-state index is 12.7. The Labute approximate surface area is 133 Å². The van der Waals surface area contributed by atoms with Gasteiger partial charge in [-0.15, -0.1) is 0 Å². The SMILES string of the molecule is CCN1C(=O)[C@H](Cc2ccc(C)cc2)c2cc(Br)ccc21. The zero-order chi connectivity index (χ0) is 15.0. The lowest BCUT2D eigenvalue weighted by atomic mass is 9.93. The van der Waals surface area contributed by atoms with Crippen molar-refractivity contribution >= 4 is 27.5 Å². The van der Waals surface area contributed by atoms with Gasteiger partial charge in [0.25, 0.3) is 0 Å². The summed E-state index contributed by atoms with van der Waals surface area (Å²) in [5.41, 5.74) is 4.65. The topological polar surface area (TPSA) is 20.3 Å². The van der Waals surface area contributed by atoms with Crippen LogP contribution in [0.15, 0.2) is 46.9 Å². The standard InChI is InChI=1S/C18H18BrNO/c1-3-20-17-9-8-14(19)11-15(17)16(18(20)21)10-13-6-4-12(2)5-7-13/h4-9,11,16H,3,10H2,1-2H3/t16-/m1/s1. The van der Waals surface area contributed by atoms with E-state index in [0.29, 0.717) is 0 Å². The minimum Gasteiger partial charge on any atom is -0.312 e. The third kappa shape index (κ3) is 2.62. The van der Waals surface area contributed by atoms with Crippen LogP contribution in [0.1, 0.15) is 29.5 Å². The molecule has 0 N–H and O–H groups in total. The molecule has 0 bridgehead atoms. The average Bonchev–Trinajstić information content (AvgIpc) is 2.73. The Balaban J connectivity index is 1.97. The first-order valence-corrected chi connectivity index (χ1v) is 8.06. The molecule has 0 spiro atoms. The Morgan fingerprint density at radius 3 is 2.52 bits per heavy atom. The molecule has 1 amide bonds. The lowest BCUT2D eigenvalue weighted by Gasteiger charge is -2.15. The predicted molar refractivity (Wildman–Crippen MR) is 89.8 cm³/mol. The van der Waals surface area contributed by atoms with Crippen molar-refractivity contribution < 1.29 is 4.79 Å². The summed E-state index contributed by atoms with van der Waals surface area (Å²) in [5.74, 6) is 0.145. The molecule has 0 radical (unpaired) electrons. The summed E-state index contributed by atoms with van der Waals surface area (Å²) in [5, 5.41) is 0. The largest absolute Gasteiger partial charge is 0.312 e. The first-order chi connectivity index (χ1) is 10.1. The molecule has 3 rings (SSSR count). The number of aryl methyl sites for hydroxylation is 1. The Bertz CT molecular complexity index is 678. The smallest absolute Gasteiger partial charge is 0.234 e. The summed E-state index contributed by atoms with van der Waals surface area (Å²) in [4.78, 5) is 14.6. The van der Waals surface area contributed by atoms with Gasteiger partial charge in [-0.3, -0.25) is 4.79 Å². The number of hydrogen-bond acceptors (Lipinski definition) is 1. The maximum atomic E-state index is 12.7. The molecule has 21 heavy (non-hydrogen) atoms. The molecular weight excluding hydrogens is 326 g/mol. The molecule has 0 saturated heterocycles. The van der Waals surface area contributed by atoms with Gasteiger partial charge in [-0.1, -0.05) is 45.8 Å². The van der Waals surface area contributed by atoms with Gasteiger partial charge in [-0.2, -0.15) is 0 Å². The van der Waals surface area contributed by atoms with Crippen molar-refractivity contribution in [2.24, 2.45) is 0 Å². The fraction of sp³-hybridized carbons (Fsp3) is 0.278. The van der Waals surface area contributed by atoms with Crippen LogP contribution in [0.5, 0.6) is 0 Å². The molecule has 0 aromatic heterocycles. The van der Waals surface area contributed by atoms with Crippen LogP contribution in [0.25, 0.3) is 0 Å². The van der Waals surface area contributed by atoms with E-state index in [1.807, 2.05) is 24.0 Å². The van der Waals surface area contributed by atoms with Gasteiger partial charge in [0.15, 0.2) is 0 Å². The van der Waals surface area contributed by atoms with Crippen LogP contribution in [-0.2, 0) is 11.2 Å². The normalized spacial score (nSPS) is 17.2. The number of hydrogen-bond donors (Lipinski definition) is 0. The number of amides is 1. The van der Waals surface area contributed by atoms with Crippen LogP contribution in [0.3, 0.4) is 0 Å². The van der Waals surface area contributed by atoms with E-state index in [0.717, 1.165) is 28.7 Å². The van der Waals surface area contributed by atoms with Crippen LogP contribution in [-0.4, -0.2) is 12.5 Å². The van der Waals surface area contributed by atoms with Crippen molar-refractivity contribution in [2.45, 2.75) is 26.2 Å². The number of rotatable bonds is 3. The van der Waals surface area contributed by atoms with Crippen molar-refractivity contribution in [3.63, 3.8) is 0 Å². The molecule has 0 unspecified atom stereocenters. The second-order valence-corrected chi connectivity index (χ2v) is 6.44. The van der Waals surface area contributed by atoms with Gasteiger partial charge >= 0.3 is 0 Å². The number of likely N-dealkylation sites (N-methyl/N-ethyl adjacent to an activating group) is 1. The van der Waals surface area contributed by atoms with E-state index in [2.05, 4.69) is 53.2 Å². The number of halogens is 1. The van der Waals surface area contributed by atoms with Gasteiger partial charge in [-0.05, 0) is 49.6 Å². The number of benzene rings is 2. The fourth-order valence-corrected chi connectivity index (χ4v) is 3.35. The zero-order valence-electron chi connectivity index (χ0n) is 12.3. The van der Waals surface area contributed by atoms with Crippen molar-refractivity contribution in [3.8, 4) is 0 Å². The summed E-state index contributed by atoms with van der Waals surface area (Å²) >= 11 is 3.52. The van der Waals surface area contributed by atoms with Crippen LogP contribution < -0.4 is 4.90 Å². The summed E-state index contributed by atoms with van der Waals surface area (Å²) < 4.78 is 1.03. The molecule has 2 aromatic rings. The zero-order valence-corrected chi connectivity index (χ0v) is 13.9. The number of anilines is 1.